The summed E-state index contributed by atoms with van der Waals surface area (Å²) in [5, 5.41) is 9.34. The zero-order valence-corrected chi connectivity index (χ0v) is 18.9. The van der Waals surface area contributed by atoms with E-state index in [4.69, 9.17) is 4.74 Å². The molecule has 0 spiro atoms. The van der Waals surface area contributed by atoms with Crippen LogP contribution in [0.1, 0.15) is 16.4 Å². The van der Waals surface area contributed by atoms with Crippen molar-refractivity contribution in [2.75, 3.05) is 45.3 Å². The number of benzene rings is 2. The van der Waals surface area contributed by atoms with E-state index in [2.05, 4.69) is 44.8 Å². The maximum absolute atomic E-state index is 13.1. The van der Waals surface area contributed by atoms with Gasteiger partial charge in [0.15, 0.2) is 5.16 Å². The molecule has 1 aromatic heterocycles. The molecule has 1 atom stereocenters. The van der Waals surface area contributed by atoms with Crippen molar-refractivity contribution < 1.29 is 9.53 Å². The average molecular weight is 438 g/mol. The highest BCUT2D eigenvalue weighted by molar-refractivity contribution is 8.00. The molecule has 1 aliphatic rings. The van der Waals surface area contributed by atoms with E-state index in [9.17, 15) is 4.79 Å². The smallest absolute Gasteiger partial charge is 0.240 e. The van der Waals surface area contributed by atoms with Crippen LogP contribution >= 0.6 is 11.8 Å². The van der Waals surface area contributed by atoms with E-state index in [1.54, 1.807) is 19.0 Å². The van der Waals surface area contributed by atoms with Crippen LogP contribution in [0.5, 0.6) is 0 Å². The largest absolute Gasteiger partial charge is 0.378 e. The van der Waals surface area contributed by atoms with Crippen LogP contribution in [0.25, 0.3) is 5.69 Å². The Morgan fingerprint density at radius 1 is 1.06 bits per heavy atom. The second kappa shape index (κ2) is 9.53. The summed E-state index contributed by atoms with van der Waals surface area (Å²) < 4.78 is 7.58. The number of hydrogen-bond acceptors (Lipinski definition) is 6. The zero-order valence-electron chi connectivity index (χ0n) is 18.1. The Morgan fingerprint density at radius 3 is 2.48 bits per heavy atom. The fourth-order valence-corrected chi connectivity index (χ4v) is 4.72. The van der Waals surface area contributed by atoms with Gasteiger partial charge in [-0.05, 0) is 30.2 Å². The second-order valence-electron chi connectivity index (χ2n) is 7.70. The lowest BCUT2D eigenvalue weighted by Gasteiger charge is -2.28. The molecule has 0 bridgehead atoms. The van der Waals surface area contributed by atoms with Crippen LogP contribution in [0.4, 0.5) is 5.95 Å². The van der Waals surface area contributed by atoms with Gasteiger partial charge in [-0.25, -0.2) is 0 Å². The Hall–Kier alpha value is -2.84. The predicted molar refractivity (Wildman–Crippen MR) is 123 cm³/mol. The standard InChI is InChI=1S/C23H27N5O2S/c1-17-8-7-11-19(16-17)28-22(27-12-14-30-15-13-27)24-25-23(28)31-20(21(29)26(2)3)18-9-5-4-6-10-18/h4-11,16,20H,12-15H2,1-3H3. The van der Waals surface area contributed by atoms with Gasteiger partial charge in [0.2, 0.25) is 11.9 Å². The van der Waals surface area contributed by atoms with E-state index in [0.29, 0.717) is 18.4 Å². The van der Waals surface area contributed by atoms with Crippen molar-refractivity contribution in [3.63, 3.8) is 0 Å². The second-order valence-corrected chi connectivity index (χ2v) is 8.77. The van der Waals surface area contributed by atoms with Crippen LogP contribution in [0.3, 0.4) is 0 Å². The predicted octanol–water partition coefficient (Wildman–Crippen LogP) is 3.33. The molecule has 1 aliphatic heterocycles. The monoisotopic (exact) mass is 437 g/mol. The Kier molecular flexibility index (Phi) is 6.58. The molecule has 0 radical (unpaired) electrons. The number of likely N-dealkylation sites (N-methyl/N-ethyl adjacent to an activating group) is 1. The van der Waals surface area contributed by atoms with Crippen LogP contribution in [0.2, 0.25) is 0 Å². The van der Waals surface area contributed by atoms with Crippen molar-refractivity contribution in [2.45, 2.75) is 17.3 Å². The first-order valence-electron chi connectivity index (χ1n) is 10.3. The van der Waals surface area contributed by atoms with E-state index in [1.165, 1.54) is 11.8 Å². The fourth-order valence-electron chi connectivity index (χ4n) is 3.53. The summed E-state index contributed by atoms with van der Waals surface area (Å²) in [5.74, 6) is 0.795. The number of ether oxygens (including phenoxy) is 1. The van der Waals surface area contributed by atoms with Crippen molar-refractivity contribution in [3.05, 3.63) is 65.7 Å². The van der Waals surface area contributed by atoms with E-state index in [1.807, 2.05) is 36.4 Å². The van der Waals surface area contributed by atoms with Gasteiger partial charge >= 0.3 is 0 Å². The minimum absolute atomic E-state index is 0.0166. The first kappa shape index (κ1) is 21.4. The maximum Gasteiger partial charge on any atom is 0.240 e. The molecular weight excluding hydrogens is 410 g/mol. The van der Waals surface area contributed by atoms with Crippen molar-refractivity contribution in [3.8, 4) is 5.69 Å². The number of thioether (sulfide) groups is 1. The average Bonchev–Trinajstić information content (AvgIpc) is 3.22. The zero-order chi connectivity index (χ0) is 21.8. The highest BCUT2D eigenvalue weighted by atomic mass is 32.2. The van der Waals surface area contributed by atoms with Crippen molar-refractivity contribution in [2.24, 2.45) is 0 Å². The summed E-state index contributed by atoms with van der Waals surface area (Å²) in [5.41, 5.74) is 3.08. The van der Waals surface area contributed by atoms with Gasteiger partial charge in [-0.3, -0.25) is 9.36 Å². The number of amides is 1. The highest BCUT2D eigenvalue weighted by Gasteiger charge is 2.29. The van der Waals surface area contributed by atoms with Gasteiger partial charge in [-0.1, -0.05) is 54.2 Å². The molecule has 0 aliphatic carbocycles. The van der Waals surface area contributed by atoms with Crippen molar-refractivity contribution in [1.82, 2.24) is 19.7 Å². The summed E-state index contributed by atoms with van der Waals surface area (Å²) in [4.78, 5) is 16.9. The molecule has 7 nitrogen and oxygen atoms in total. The van der Waals surface area contributed by atoms with Crippen LogP contribution < -0.4 is 4.90 Å². The first-order chi connectivity index (χ1) is 15.0. The number of carbonyl (C=O) groups excluding carboxylic acids is 1. The minimum Gasteiger partial charge on any atom is -0.378 e. The molecular formula is C23H27N5O2S. The molecule has 2 heterocycles. The number of morpholine rings is 1. The van der Waals surface area contributed by atoms with E-state index < -0.39 is 5.25 Å². The third-order valence-electron chi connectivity index (χ3n) is 5.16. The number of aromatic nitrogens is 3. The van der Waals surface area contributed by atoms with Crippen molar-refractivity contribution >= 4 is 23.6 Å². The molecule has 1 unspecified atom stereocenters. The highest BCUT2D eigenvalue weighted by Crippen LogP contribution is 2.38. The molecule has 4 rings (SSSR count). The number of hydrogen-bond donors (Lipinski definition) is 0. The molecule has 2 aromatic carbocycles. The molecule has 0 saturated carbocycles. The summed E-state index contributed by atoms with van der Waals surface area (Å²) in [6, 6.07) is 18.1. The van der Waals surface area contributed by atoms with Gasteiger partial charge in [0.25, 0.3) is 0 Å². The van der Waals surface area contributed by atoms with Crippen LogP contribution in [-0.4, -0.2) is 66.0 Å². The van der Waals surface area contributed by atoms with Gasteiger partial charge in [0.05, 0.1) is 18.9 Å². The lowest BCUT2D eigenvalue weighted by atomic mass is 10.1. The Bertz CT molecular complexity index is 1030. The Morgan fingerprint density at radius 2 is 1.81 bits per heavy atom. The molecule has 1 fully saturated rings. The lowest BCUT2D eigenvalue weighted by molar-refractivity contribution is -0.128. The molecule has 162 valence electrons. The van der Waals surface area contributed by atoms with Gasteiger partial charge in [-0.2, -0.15) is 0 Å². The van der Waals surface area contributed by atoms with Crippen LogP contribution in [0, 0.1) is 6.92 Å². The maximum atomic E-state index is 13.1. The number of anilines is 1. The van der Waals surface area contributed by atoms with Gasteiger partial charge in [-0.15, -0.1) is 10.2 Å². The Labute approximate surface area is 187 Å². The van der Waals surface area contributed by atoms with Crippen LogP contribution in [-0.2, 0) is 9.53 Å². The molecule has 31 heavy (non-hydrogen) atoms. The van der Waals surface area contributed by atoms with E-state index in [0.717, 1.165) is 35.9 Å². The number of carbonyl (C=O) groups is 1. The topological polar surface area (TPSA) is 63.5 Å². The number of nitrogens with zero attached hydrogens (tertiary/aromatic N) is 5. The quantitative estimate of drug-likeness (QED) is 0.551. The first-order valence-corrected chi connectivity index (χ1v) is 11.2. The fraction of sp³-hybridized carbons (Fsp3) is 0.348. The summed E-state index contributed by atoms with van der Waals surface area (Å²) in [6.45, 7) is 4.90. The van der Waals surface area contributed by atoms with Gasteiger partial charge < -0.3 is 14.5 Å². The van der Waals surface area contributed by atoms with Crippen molar-refractivity contribution in [1.29, 1.82) is 0 Å². The molecule has 1 amide bonds. The lowest BCUT2D eigenvalue weighted by Crippen LogP contribution is -2.38. The molecule has 8 heteroatoms. The normalized spacial score (nSPS) is 15.0. The minimum atomic E-state index is -0.415. The van der Waals surface area contributed by atoms with Gasteiger partial charge in [0, 0.05) is 27.2 Å². The number of rotatable bonds is 6. The number of aryl methyl sites for hydroxylation is 1. The van der Waals surface area contributed by atoms with E-state index >= 15 is 0 Å². The van der Waals surface area contributed by atoms with Gasteiger partial charge in [0.1, 0.15) is 5.25 Å². The third-order valence-corrected chi connectivity index (χ3v) is 6.35. The third kappa shape index (κ3) is 4.75. The summed E-state index contributed by atoms with van der Waals surface area (Å²) in [6.07, 6.45) is 0. The van der Waals surface area contributed by atoms with Crippen LogP contribution in [0.15, 0.2) is 59.8 Å². The summed E-state index contributed by atoms with van der Waals surface area (Å²) in [7, 11) is 3.56. The molecule has 3 aromatic rings. The Balaban J connectivity index is 1.78. The van der Waals surface area contributed by atoms with E-state index in [-0.39, 0.29) is 5.91 Å². The SMILES string of the molecule is Cc1cccc(-n2c(SC(C(=O)N(C)C)c3ccccc3)nnc2N2CCOCC2)c1. The molecule has 1 saturated heterocycles. The molecule has 0 N–H and O–H groups in total. The summed E-state index contributed by atoms with van der Waals surface area (Å²) >= 11 is 1.43.